The highest BCUT2D eigenvalue weighted by Crippen LogP contribution is 2.20. The topological polar surface area (TPSA) is 74.3 Å². The average Bonchev–Trinajstić information content (AvgIpc) is 2.48. The second-order valence-electron chi connectivity index (χ2n) is 5.55. The van der Waals surface area contributed by atoms with Gasteiger partial charge in [0.2, 0.25) is 0 Å². The van der Waals surface area contributed by atoms with E-state index < -0.39 is 10.2 Å². The van der Waals surface area contributed by atoms with Gasteiger partial charge >= 0.3 is 0 Å². The summed E-state index contributed by atoms with van der Waals surface area (Å²) in [5.41, 5.74) is 0.866. The van der Waals surface area contributed by atoms with E-state index in [0.29, 0.717) is 19.0 Å². The Morgan fingerprint density at radius 2 is 2.33 bits per heavy atom. The van der Waals surface area contributed by atoms with Gasteiger partial charge in [0, 0.05) is 31.5 Å². The van der Waals surface area contributed by atoms with Crippen molar-refractivity contribution in [2.45, 2.75) is 25.8 Å². The quantitative estimate of drug-likeness (QED) is 0.819. The number of hydrogen-bond donors (Lipinski definition) is 2. The Labute approximate surface area is 127 Å². The Bertz CT molecular complexity index is 533. The van der Waals surface area contributed by atoms with Gasteiger partial charge < -0.3 is 5.32 Å². The van der Waals surface area contributed by atoms with Crippen LogP contribution in [0.1, 0.15) is 31.4 Å². The predicted molar refractivity (Wildman–Crippen MR) is 82.9 cm³/mol. The Balaban J connectivity index is 2.01. The first-order valence-electron chi connectivity index (χ1n) is 7.35. The fraction of sp³-hybridized carbons (Fsp3) is 0.643. The molecule has 2 unspecified atom stereocenters. The Kier molecular flexibility index (Phi) is 5.69. The fourth-order valence-corrected chi connectivity index (χ4v) is 4.21. The predicted octanol–water partition coefficient (Wildman–Crippen LogP) is 0.908. The van der Waals surface area contributed by atoms with E-state index in [4.69, 9.17) is 0 Å². The number of nitrogens with zero attached hydrogens (tertiary/aromatic N) is 2. The van der Waals surface area contributed by atoms with Gasteiger partial charge in [-0.25, -0.2) is 0 Å². The van der Waals surface area contributed by atoms with Gasteiger partial charge in [-0.3, -0.25) is 4.98 Å². The molecule has 2 heterocycles. The van der Waals surface area contributed by atoms with Gasteiger partial charge in [0.05, 0.1) is 0 Å². The van der Waals surface area contributed by atoms with E-state index in [2.05, 4.69) is 15.0 Å². The molecule has 0 bridgehead atoms. The maximum absolute atomic E-state index is 12.5. The zero-order valence-electron chi connectivity index (χ0n) is 12.6. The van der Waals surface area contributed by atoms with Crippen LogP contribution >= 0.6 is 0 Å². The SMILES string of the molecule is CNCC1CCCN(S(=O)(=O)NC(C)c2cccnc2)C1. The molecule has 0 aliphatic carbocycles. The van der Waals surface area contributed by atoms with E-state index >= 15 is 0 Å². The lowest BCUT2D eigenvalue weighted by atomic mass is 10.00. The van der Waals surface area contributed by atoms with Crippen LogP contribution in [0.15, 0.2) is 24.5 Å². The summed E-state index contributed by atoms with van der Waals surface area (Å²) in [5.74, 6) is 0.383. The molecule has 2 N–H and O–H groups in total. The van der Waals surface area contributed by atoms with Gasteiger partial charge in [0.25, 0.3) is 10.2 Å². The summed E-state index contributed by atoms with van der Waals surface area (Å²) in [7, 11) is -1.56. The van der Waals surface area contributed by atoms with Crippen LogP contribution in [0.25, 0.3) is 0 Å². The minimum atomic E-state index is -3.45. The molecule has 2 atom stereocenters. The number of nitrogens with one attached hydrogen (secondary N) is 2. The first kappa shape index (κ1) is 16.4. The minimum absolute atomic E-state index is 0.284. The first-order valence-corrected chi connectivity index (χ1v) is 8.79. The van der Waals surface area contributed by atoms with Crippen molar-refractivity contribution in [1.82, 2.24) is 19.3 Å². The summed E-state index contributed by atoms with van der Waals surface area (Å²) in [4.78, 5) is 4.03. The third kappa shape index (κ3) is 4.47. The van der Waals surface area contributed by atoms with Gasteiger partial charge in [0.1, 0.15) is 0 Å². The van der Waals surface area contributed by atoms with Crippen LogP contribution in [-0.2, 0) is 10.2 Å². The molecule has 1 aromatic rings. The van der Waals surface area contributed by atoms with Gasteiger partial charge in [-0.15, -0.1) is 0 Å². The Hall–Kier alpha value is -1.02. The van der Waals surface area contributed by atoms with Crippen LogP contribution in [0.3, 0.4) is 0 Å². The van der Waals surface area contributed by atoms with E-state index in [1.807, 2.05) is 26.1 Å². The molecule has 0 amide bonds. The summed E-state index contributed by atoms with van der Waals surface area (Å²) in [6.07, 6.45) is 5.35. The molecule has 1 fully saturated rings. The third-order valence-electron chi connectivity index (χ3n) is 3.82. The van der Waals surface area contributed by atoms with E-state index in [1.54, 1.807) is 16.7 Å². The largest absolute Gasteiger partial charge is 0.319 e. The average molecular weight is 312 g/mol. The molecule has 1 aromatic heterocycles. The Morgan fingerprint density at radius 1 is 1.52 bits per heavy atom. The first-order chi connectivity index (χ1) is 10.0. The van der Waals surface area contributed by atoms with Gasteiger partial charge in [0.15, 0.2) is 0 Å². The van der Waals surface area contributed by atoms with Crippen LogP contribution in [0, 0.1) is 5.92 Å². The monoisotopic (exact) mass is 312 g/mol. The molecule has 0 aromatic carbocycles. The normalized spacial score (nSPS) is 22.1. The second kappa shape index (κ2) is 7.31. The smallest absolute Gasteiger partial charge is 0.280 e. The number of piperidine rings is 1. The Morgan fingerprint density at radius 3 is 3.00 bits per heavy atom. The maximum Gasteiger partial charge on any atom is 0.280 e. The van der Waals surface area contributed by atoms with Crippen molar-refractivity contribution in [3.63, 3.8) is 0 Å². The molecule has 2 rings (SSSR count). The lowest BCUT2D eigenvalue weighted by molar-refractivity contribution is 0.260. The lowest BCUT2D eigenvalue weighted by Gasteiger charge is -2.32. The summed E-state index contributed by atoms with van der Waals surface area (Å²) in [6, 6.07) is 3.40. The van der Waals surface area contributed by atoms with Crippen molar-refractivity contribution in [3.05, 3.63) is 30.1 Å². The van der Waals surface area contributed by atoms with Crippen molar-refractivity contribution in [2.24, 2.45) is 5.92 Å². The van der Waals surface area contributed by atoms with Crippen LogP contribution in [0.5, 0.6) is 0 Å². The summed E-state index contributed by atoms with van der Waals surface area (Å²) in [5, 5.41) is 3.13. The van der Waals surface area contributed by atoms with E-state index in [9.17, 15) is 8.42 Å². The van der Waals surface area contributed by atoms with Crippen LogP contribution in [-0.4, -0.2) is 44.4 Å². The van der Waals surface area contributed by atoms with Crippen LogP contribution < -0.4 is 10.0 Å². The number of pyridine rings is 1. The van der Waals surface area contributed by atoms with Crippen LogP contribution in [0.4, 0.5) is 0 Å². The highest BCUT2D eigenvalue weighted by Gasteiger charge is 2.29. The van der Waals surface area contributed by atoms with E-state index in [-0.39, 0.29) is 6.04 Å². The van der Waals surface area contributed by atoms with Crippen molar-refractivity contribution in [1.29, 1.82) is 0 Å². The third-order valence-corrected chi connectivity index (χ3v) is 5.49. The van der Waals surface area contributed by atoms with Crippen molar-refractivity contribution in [3.8, 4) is 0 Å². The minimum Gasteiger partial charge on any atom is -0.319 e. The van der Waals surface area contributed by atoms with E-state index in [1.165, 1.54) is 0 Å². The molecule has 1 aliphatic heterocycles. The number of aromatic nitrogens is 1. The molecule has 1 aliphatic rings. The van der Waals surface area contributed by atoms with Gasteiger partial charge in [-0.05, 0) is 50.9 Å². The van der Waals surface area contributed by atoms with Gasteiger partial charge in [-0.1, -0.05) is 6.07 Å². The van der Waals surface area contributed by atoms with Gasteiger partial charge in [-0.2, -0.15) is 17.4 Å². The summed E-state index contributed by atoms with van der Waals surface area (Å²) < 4.78 is 29.3. The molecular weight excluding hydrogens is 288 g/mol. The molecule has 0 saturated carbocycles. The fourth-order valence-electron chi connectivity index (χ4n) is 2.70. The molecule has 118 valence electrons. The van der Waals surface area contributed by atoms with Crippen molar-refractivity contribution in [2.75, 3.05) is 26.7 Å². The molecule has 21 heavy (non-hydrogen) atoms. The summed E-state index contributed by atoms with van der Waals surface area (Å²) >= 11 is 0. The lowest BCUT2D eigenvalue weighted by Crippen LogP contribution is -2.47. The molecule has 6 nitrogen and oxygen atoms in total. The number of rotatable bonds is 6. The zero-order valence-corrected chi connectivity index (χ0v) is 13.4. The molecule has 1 saturated heterocycles. The standard InChI is InChI=1S/C14H24N4O2S/c1-12(14-6-3-7-16-10-14)17-21(19,20)18-8-4-5-13(11-18)9-15-2/h3,6-7,10,12-13,15,17H,4-5,8-9,11H2,1-2H3. The molecule has 0 radical (unpaired) electrons. The van der Waals surface area contributed by atoms with Crippen molar-refractivity contribution < 1.29 is 8.42 Å². The highest BCUT2D eigenvalue weighted by atomic mass is 32.2. The molecule has 7 heteroatoms. The van der Waals surface area contributed by atoms with E-state index in [0.717, 1.165) is 24.9 Å². The molecular formula is C14H24N4O2S. The molecule has 0 spiro atoms. The number of hydrogen-bond acceptors (Lipinski definition) is 4. The van der Waals surface area contributed by atoms with Crippen molar-refractivity contribution >= 4 is 10.2 Å². The maximum atomic E-state index is 12.5. The zero-order chi connectivity index (χ0) is 15.3. The second-order valence-corrected chi connectivity index (χ2v) is 7.26. The highest BCUT2D eigenvalue weighted by molar-refractivity contribution is 7.87. The summed E-state index contributed by atoms with van der Waals surface area (Å²) in [6.45, 7) is 3.86. The van der Waals surface area contributed by atoms with Crippen LogP contribution in [0.2, 0.25) is 0 Å².